The van der Waals surface area contributed by atoms with Gasteiger partial charge in [0, 0.05) is 18.2 Å². The number of nitrogens with two attached hydrogens (primary N) is 1. The molecule has 0 radical (unpaired) electrons. The number of aromatic hydroxyl groups is 1. The summed E-state index contributed by atoms with van der Waals surface area (Å²) in [5.74, 6) is 1.07. The van der Waals surface area contributed by atoms with E-state index in [9.17, 15) is 5.11 Å². The van der Waals surface area contributed by atoms with Crippen LogP contribution in [0.25, 0.3) is 0 Å². The van der Waals surface area contributed by atoms with Gasteiger partial charge in [-0.1, -0.05) is 18.2 Å². The maximum absolute atomic E-state index is 9.73. The van der Waals surface area contributed by atoms with Gasteiger partial charge in [0.15, 0.2) is 0 Å². The number of nitrogens with zero attached hydrogens (tertiary/aromatic N) is 1. The minimum atomic E-state index is 0.308. The fourth-order valence-corrected chi connectivity index (χ4v) is 2.52. The van der Waals surface area contributed by atoms with Crippen molar-refractivity contribution in [3.63, 3.8) is 0 Å². The van der Waals surface area contributed by atoms with E-state index in [1.54, 1.807) is 6.07 Å². The highest BCUT2D eigenvalue weighted by Crippen LogP contribution is 2.23. The van der Waals surface area contributed by atoms with Crippen LogP contribution in [0.2, 0.25) is 0 Å². The van der Waals surface area contributed by atoms with Gasteiger partial charge in [-0.15, -0.1) is 0 Å². The predicted molar refractivity (Wildman–Crippen MR) is 69.8 cm³/mol. The molecule has 0 aromatic heterocycles. The second-order valence-corrected chi connectivity index (χ2v) is 5.10. The van der Waals surface area contributed by atoms with Crippen molar-refractivity contribution in [2.75, 3.05) is 13.1 Å². The molecule has 3 nitrogen and oxygen atoms in total. The van der Waals surface area contributed by atoms with Crippen LogP contribution in [0.5, 0.6) is 5.75 Å². The molecule has 1 saturated heterocycles. The Hall–Kier alpha value is -1.06. The van der Waals surface area contributed by atoms with Gasteiger partial charge in [-0.25, -0.2) is 0 Å². The van der Waals surface area contributed by atoms with Gasteiger partial charge in [-0.3, -0.25) is 4.90 Å². The third-order valence-corrected chi connectivity index (χ3v) is 3.76. The number of likely N-dealkylation sites (tertiary alicyclic amines) is 1. The Morgan fingerprint density at radius 3 is 2.59 bits per heavy atom. The van der Waals surface area contributed by atoms with Crippen LogP contribution in [-0.4, -0.2) is 29.1 Å². The number of hydrogen-bond donors (Lipinski definition) is 2. The maximum atomic E-state index is 9.73. The average Bonchev–Trinajstić information content (AvgIpc) is 2.33. The van der Waals surface area contributed by atoms with Gasteiger partial charge in [-0.2, -0.15) is 0 Å². The smallest absolute Gasteiger partial charge is 0.120 e. The monoisotopic (exact) mass is 234 g/mol. The van der Waals surface area contributed by atoms with Crippen LogP contribution >= 0.6 is 0 Å². The van der Waals surface area contributed by atoms with E-state index in [1.165, 1.54) is 12.8 Å². The number of rotatable bonds is 3. The van der Waals surface area contributed by atoms with Crippen LogP contribution in [0.1, 0.15) is 25.3 Å². The minimum Gasteiger partial charge on any atom is -0.508 e. The molecule has 1 aliphatic heterocycles. The lowest BCUT2D eigenvalue weighted by atomic mass is 9.91. The largest absolute Gasteiger partial charge is 0.508 e. The van der Waals surface area contributed by atoms with Crippen LogP contribution < -0.4 is 5.73 Å². The molecule has 1 aromatic rings. The molecule has 3 N–H and O–H groups in total. The van der Waals surface area contributed by atoms with Gasteiger partial charge in [0.2, 0.25) is 0 Å². The van der Waals surface area contributed by atoms with Crippen molar-refractivity contribution in [2.45, 2.75) is 32.4 Å². The summed E-state index contributed by atoms with van der Waals surface area (Å²) >= 11 is 0. The quantitative estimate of drug-likeness (QED) is 0.840. The van der Waals surface area contributed by atoms with Crippen LogP contribution in [0.15, 0.2) is 24.3 Å². The lowest BCUT2D eigenvalue weighted by Gasteiger charge is -2.33. The maximum Gasteiger partial charge on any atom is 0.120 e. The molecule has 1 heterocycles. The van der Waals surface area contributed by atoms with Gasteiger partial charge < -0.3 is 10.8 Å². The molecule has 2 rings (SSSR count). The molecule has 1 aliphatic rings. The Labute approximate surface area is 103 Å². The second kappa shape index (κ2) is 5.52. The number of phenols is 1. The third-order valence-electron chi connectivity index (χ3n) is 3.76. The Bertz CT molecular complexity index is 357. The SMILES string of the molecule is CC(N)C1CCN(Cc2ccccc2O)CC1. The molecule has 0 bridgehead atoms. The van der Waals surface area contributed by atoms with Crippen molar-refractivity contribution >= 4 is 0 Å². The van der Waals surface area contributed by atoms with Gasteiger partial charge in [-0.05, 0) is 44.8 Å². The molecule has 0 spiro atoms. The fourth-order valence-electron chi connectivity index (χ4n) is 2.52. The van der Waals surface area contributed by atoms with Crippen molar-refractivity contribution in [2.24, 2.45) is 11.7 Å². The van der Waals surface area contributed by atoms with E-state index in [0.717, 1.165) is 25.2 Å². The number of piperidine rings is 1. The molecule has 0 saturated carbocycles. The first-order valence-electron chi connectivity index (χ1n) is 6.41. The Morgan fingerprint density at radius 1 is 1.35 bits per heavy atom. The van der Waals surface area contributed by atoms with Crippen LogP contribution in [0.3, 0.4) is 0 Å². The first kappa shape index (κ1) is 12.4. The molecule has 94 valence electrons. The number of benzene rings is 1. The average molecular weight is 234 g/mol. The van der Waals surface area contributed by atoms with E-state index in [4.69, 9.17) is 5.73 Å². The van der Waals surface area contributed by atoms with E-state index in [2.05, 4.69) is 11.8 Å². The number of hydrogen-bond acceptors (Lipinski definition) is 3. The predicted octanol–water partition coefficient (Wildman–Crippen LogP) is 1.95. The van der Waals surface area contributed by atoms with E-state index < -0.39 is 0 Å². The molecule has 0 aliphatic carbocycles. The molecule has 1 aromatic carbocycles. The lowest BCUT2D eigenvalue weighted by Crippen LogP contribution is -2.39. The third kappa shape index (κ3) is 3.20. The van der Waals surface area contributed by atoms with E-state index in [0.29, 0.717) is 17.7 Å². The summed E-state index contributed by atoms with van der Waals surface area (Å²) in [7, 11) is 0. The van der Waals surface area contributed by atoms with Crippen molar-refractivity contribution in [3.05, 3.63) is 29.8 Å². The molecule has 3 heteroatoms. The van der Waals surface area contributed by atoms with Gasteiger partial charge in [0.05, 0.1) is 0 Å². The van der Waals surface area contributed by atoms with E-state index in [-0.39, 0.29) is 0 Å². The standard InChI is InChI=1S/C14H22N2O/c1-11(15)12-6-8-16(9-7-12)10-13-4-2-3-5-14(13)17/h2-5,11-12,17H,6-10,15H2,1H3. The molecule has 17 heavy (non-hydrogen) atoms. The fraction of sp³-hybridized carbons (Fsp3) is 0.571. The molecule has 0 amide bonds. The summed E-state index contributed by atoms with van der Waals surface area (Å²) in [4.78, 5) is 2.40. The first-order valence-corrected chi connectivity index (χ1v) is 6.41. The summed E-state index contributed by atoms with van der Waals surface area (Å²) in [6.07, 6.45) is 2.34. The van der Waals surface area contributed by atoms with Crippen molar-refractivity contribution in [3.8, 4) is 5.75 Å². The highest BCUT2D eigenvalue weighted by atomic mass is 16.3. The minimum absolute atomic E-state index is 0.308. The van der Waals surface area contributed by atoms with Gasteiger partial charge in [0.25, 0.3) is 0 Å². The lowest BCUT2D eigenvalue weighted by molar-refractivity contribution is 0.164. The zero-order valence-electron chi connectivity index (χ0n) is 10.5. The summed E-state index contributed by atoms with van der Waals surface area (Å²) in [5, 5.41) is 9.73. The molecule has 1 unspecified atom stereocenters. The second-order valence-electron chi connectivity index (χ2n) is 5.10. The molecular formula is C14H22N2O. The van der Waals surface area contributed by atoms with Crippen LogP contribution in [0, 0.1) is 5.92 Å². The number of para-hydroxylation sites is 1. The topological polar surface area (TPSA) is 49.5 Å². The highest BCUT2D eigenvalue weighted by molar-refractivity contribution is 5.31. The summed E-state index contributed by atoms with van der Waals surface area (Å²) in [6, 6.07) is 7.89. The molecule has 1 fully saturated rings. The normalized spacial score (nSPS) is 20.4. The summed E-state index contributed by atoms with van der Waals surface area (Å²) in [6.45, 7) is 5.11. The molecule has 1 atom stereocenters. The Morgan fingerprint density at radius 2 is 2.00 bits per heavy atom. The Kier molecular flexibility index (Phi) is 4.02. The van der Waals surface area contributed by atoms with Crippen LogP contribution in [-0.2, 0) is 6.54 Å². The van der Waals surface area contributed by atoms with Crippen molar-refractivity contribution in [1.82, 2.24) is 4.90 Å². The van der Waals surface area contributed by atoms with E-state index in [1.807, 2.05) is 18.2 Å². The van der Waals surface area contributed by atoms with Crippen molar-refractivity contribution in [1.29, 1.82) is 0 Å². The van der Waals surface area contributed by atoms with Crippen LogP contribution in [0.4, 0.5) is 0 Å². The number of phenolic OH excluding ortho intramolecular Hbond substituents is 1. The zero-order valence-corrected chi connectivity index (χ0v) is 10.5. The Balaban J connectivity index is 1.88. The zero-order chi connectivity index (χ0) is 12.3. The first-order chi connectivity index (χ1) is 8.16. The van der Waals surface area contributed by atoms with Gasteiger partial charge in [0.1, 0.15) is 5.75 Å². The summed E-state index contributed by atoms with van der Waals surface area (Å²) in [5.41, 5.74) is 6.95. The highest BCUT2D eigenvalue weighted by Gasteiger charge is 2.22. The molecular weight excluding hydrogens is 212 g/mol. The summed E-state index contributed by atoms with van der Waals surface area (Å²) < 4.78 is 0. The van der Waals surface area contributed by atoms with Gasteiger partial charge >= 0.3 is 0 Å². The van der Waals surface area contributed by atoms with Crippen molar-refractivity contribution < 1.29 is 5.11 Å². The van der Waals surface area contributed by atoms with E-state index >= 15 is 0 Å².